The lowest BCUT2D eigenvalue weighted by Gasteiger charge is -2.10. The number of amides is 2. The van der Waals surface area contributed by atoms with Crippen molar-refractivity contribution in [2.24, 2.45) is 0 Å². The van der Waals surface area contributed by atoms with E-state index in [9.17, 15) is 14.4 Å². The number of halogens is 1. The lowest BCUT2D eigenvalue weighted by Crippen LogP contribution is -2.34. The number of nitrogens with one attached hydrogen (secondary N) is 2. The van der Waals surface area contributed by atoms with E-state index < -0.39 is 0 Å². The van der Waals surface area contributed by atoms with Crippen LogP contribution in [0, 0.1) is 0 Å². The van der Waals surface area contributed by atoms with Gasteiger partial charge in [0.05, 0.1) is 17.2 Å². The molecule has 0 unspecified atom stereocenters. The Hall–Kier alpha value is -3.00. The molecule has 0 bridgehead atoms. The lowest BCUT2D eigenvalue weighted by atomic mass is 10.3. The van der Waals surface area contributed by atoms with Gasteiger partial charge in [-0.25, -0.2) is 4.98 Å². The average Bonchev–Trinajstić information content (AvgIpc) is 2.66. The fraction of sp³-hybridized carbons (Fsp3) is 0.158. The van der Waals surface area contributed by atoms with E-state index in [1.54, 1.807) is 30.3 Å². The lowest BCUT2D eigenvalue weighted by molar-refractivity contribution is -0.121. The second-order valence-electron chi connectivity index (χ2n) is 5.83. The first-order valence-electron chi connectivity index (χ1n) is 8.29. The van der Waals surface area contributed by atoms with E-state index in [0.29, 0.717) is 16.7 Å². The Balaban J connectivity index is 1.53. The summed E-state index contributed by atoms with van der Waals surface area (Å²) in [5.74, 6) is -0.547. The predicted octanol–water partition coefficient (Wildman–Crippen LogP) is 2.30. The summed E-state index contributed by atoms with van der Waals surface area (Å²) in [6.45, 7) is 0.0508. The quantitative estimate of drug-likeness (QED) is 0.629. The third-order valence-electron chi connectivity index (χ3n) is 3.86. The molecule has 1 heterocycles. The molecule has 1 aromatic heterocycles. The highest BCUT2D eigenvalue weighted by molar-refractivity contribution is 9.10. The second kappa shape index (κ2) is 8.59. The molecule has 27 heavy (non-hydrogen) atoms. The number of benzene rings is 2. The monoisotopic (exact) mass is 428 g/mol. The number of nitrogens with zero attached hydrogens (tertiary/aromatic N) is 2. The van der Waals surface area contributed by atoms with Crippen LogP contribution in [0.5, 0.6) is 0 Å². The standard InChI is InChI=1S/C19H17BrN4O3/c20-13-5-7-14(8-6-13)23-17(25)9-10-21-18(26)12-24-16-4-2-1-3-15(16)22-11-19(24)27/h1-8,11H,9-10,12H2,(H,21,26)(H,23,25). The molecule has 7 nitrogen and oxygen atoms in total. The Bertz CT molecular complexity index is 1030. The Labute approximate surface area is 163 Å². The van der Waals surface area contributed by atoms with Gasteiger partial charge in [0.25, 0.3) is 5.56 Å². The molecule has 0 radical (unpaired) electrons. The number of hydrogen-bond donors (Lipinski definition) is 2. The smallest absolute Gasteiger partial charge is 0.269 e. The van der Waals surface area contributed by atoms with Crippen LogP contribution in [-0.4, -0.2) is 27.9 Å². The van der Waals surface area contributed by atoms with Crippen LogP contribution in [0.1, 0.15) is 6.42 Å². The number of para-hydroxylation sites is 2. The van der Waals surface area contributed by atoms with Crippen molar-refractivity contribution in [1.82, 2.24) is 14.9 Å². The molecule has 0 fully saturated rings. The summed E-state index contributed by atoms with van der Waals surface area (Å²) in [7, 11) is 0. The van der Waals surface area contributed by atoms with Crippen molar-refractivity contribution in [3.8, 4) is 0 Å². The maximum atomic E-state index is 12.2. The van der Waals surface area contributed by atoms with Gasteiger partial charge in [-0.05, 0) is 36.4 Å². The number of anilines is 1. The number of fused-ring (bicyclic) bond motifs is 1. The van der Waals surface area contributed by atoms with E-state index >= 15 is 0 Å². The fourth-order valence-electron chi connectivity index (χ4n) is 2.55. The van der Waals surface area contributed by atoms with Crippen LogP contribution in [0.3, 0.4) is 0 Å². The Morgan fingerprint density at radius 3 is 2.56 bits per heavy atom. The summed E-state index contributed by atoms with van der Waals surface area (Å²) < 4.78 is 2.28. The van der Waals surface area contributed by atoms with E-state index in [1.165, 1.54) is 10.8 Å². The van der Waals surface area contributed by atoms with Crippen molar-refractivity contribution < 1.29 is 9.59 Å². The number of carbonyl (C=O) groups excluding carboxylic acids is 2. The third kappa shape index (κ3) is 5.01. The molecule has 3 aromatic rings. The van der Waals surface area contributed by atoms with E-state index in [0.717, 1.165) is 4.47 Å². The van der Waals surface area contributed by atoms with Gasteiger partial charge in [0.2, 0.25) is 11.8 Å². The minimum absolute atomic E-state index is 0.129. The van der Waals surface area contributed by atoms with Gasteiger partial charge in [0.15, 0.2) is 0 Å². The molecule has 0 aliphatic rings. The largest absolute Gasteiger partial charge is 0.354 e. The summed E-state index contributed by atoms with van der Waals surface area (Å²) in [6.07, 6.45) is 1.33. The van der Waals surface area contributed by atoms with Crippen molar-refractivity contribution in [1.29, 1.82) is 0 Å². The first-order valence-corrected chi connectivity index (χ1v) is 9.09. The molecule has 0 saturated carbocycles. The number of hydrogen-bond acceptors (Lipinski definition) is 4. The van der Waals surface area contributed by atoms with Crippen molar-refractivity contribution in [2.45, 2.75) is 13.0 Å². The zero-order valence-electron chi connectivity index (χ0n) is 14.3. The molecule has 0 spiro atoms. The minimum Gasteiger partial charge on any atom is -0.354 e. The summed E-state index contributed by atoms with van der Waals surface area (Å²) in [5, 5.41) is 5.41. The van der Waals surface area contributed by atoms with Gasteiger partial charge in [0, 0.05) is 23.1 Å². The SMILES string of the molecule is O=C(Cn1c(=O)cnc2ccccc21)NCCC(=O)Nc1ccc(Br)cc1. The molecule has 2 amide bonds. The Kier molecular flexibility index (Phi) is 5.97. The molecular weight excluding hydrogens is 412 g/mol. The van der Waals surface area contributed by atoms with Crippen molar-refractivity contribution in [3.63, 3.8) is 0 Å². The van der Waals surface area contributed by atoms with Gasteiger partial charge in [-0.2, -0.15) is 0 Å². The Morgan fingerprint density at radius 1 is 1.04 bits per heavy atom. The maximum absolute atomic E-state index is 12.2. The normalized spacial score (nSPS) is 10.6. The van der Waals surface area contributed by atoms with Crippen LogP contribution in [-0.2, 0) is 16.1 Å². The van der Waals surface area contributed by atoms with Crippen molar-refractivity contribution in [2.75, 3.05) is 11.9 Å². The molecule has 0 aliphatic carbocycles. The highest BCUT2D eigenvalue weighted by atomic mass is 79.9. The Morgan fingerprint density at radius 2 is 1.78 bits per heavy atom. The van der Waals surface area contributed by atoms with Crippen LogP contribution in [0.25, 0.3) is 11.0 Å². The highest BCUT2D eigenvalue weighted by Gasteiger charge is 2.09. The molecule has 0 saturated heterocycles. The first-order chi connectivity index (χ1) is 13.0. The van der Waals surface area contributed by atoms with Crippen LogP contribution in [0.4, 0.5) is 5.69 Å². The fourth-order valence-corrected chi connectivity index (χ4v) is 2.81. The van der Waals surface area contributed by atoms with E-state index in [2.05, 4.69) is 31.5 Å². The van der Waals surface area contributed by atoms with Crippen molar-refractivity contribution >= 4 is 44.5 Å². The molecule has 8 heteroatoms. The van der Waals surface area contributed by atoms with Gasteiger partial charge < -0.3 is 10.6 Å². The molecular formula is C19H17BrN4O3. The highest BCUT2D eigenvalue weighted by Crippen LogP contribution is 2.14. The number of rotatable bonds is 6. The third-order valence-corrected chi connectivity index (χ3v) is 4.39. The van der Waals surface area contributed by atoms with Gasteiger partial charge in [0.1, 0.15) is 6.54 Å². The zero-order chi connectivity index (χ0) is 19.2. The van der Waals surface area contributed by atoms with Crippen LogP contribution >= 0.6 is 15.9 Å². The predicted molar refractivity (Wildman–Crippen MR) is 106 cm³/mol. The average molecular weight is 429 g/mol. The van der Waals surface area contributed by atoms with E-state index in [-0.39, 0.29) is 36.9 Å². The molecule has 3 rings (SSSR count). The second-order valence-corrected chi connectivity index (χ2v) is 6.74. The van der Waals surface area contributed by atoms with Gasteiger partial charge in [-0.15, -0.1) is 0 Å². The van der Waals surface area contributed by atoms with Crippen LogP contribution in [0.2, 0.25) is 0 Å². The first kappa shape index (κ1) is 18.8. The van der Waals surface area contributed by atoms with Crippen molar-refractivity contribution in [3.05, 3.63) is 69.6 Å². The number of aromatic nitrogens is 2. The number of carbonyl (C=O) groups is 2. The van der Waals surface area contributed by atoms with Crippen LogP contribution < -0.4 is 16.2 Å². The topological polar surface area (TPSA) is 93.1 Å². The molecule has 2 N–H and O–H groups in total. The van der Waals surface area contributed by atoms with E-state index in [1.807, 2.05) is 18.2 Å². The van der Waals surface area contributed by atoms with Gasteiger partial charge >= 0.3 is 0 Å². The van der Waals surface area contributed by atoms with Gasteiger partial charge in [-0.3, -0.25) is 19.0 Å². The van der Waals surface area contributed by atoms with Crippen LogP contribution in [0.15, 0.2) is 64.0 Å². The van der Waals surface area contributed by atoms with E-state index in [4.69, 9.17) is 0 Å². The zero-order valence-corrected chi connectivity index (χ0v) is 15.9. The summed E-state index contributed by atoms with van der Waals surface area (Å²) in [5.41, 5.74) is 1.56. The summed E-state index contributed by atoms with van der Waals surface area (Å²) in [6, 6.07) is 14.3. The molecule has 2 aromatic carbocycles. The summed E-state index contributed by atoms with van der Waals surface area (Å²) in [4.78, 5) is 40.2. The molecule has 0 aliphatic heterocycles. The minimum atomic E-state index is -0.350. The van der Waals surface area contributed by atoms with Gasteiger partial charge in [-0.1, -0.05) is 28.1 Å². The maximum Gasteiger partial charge on any atom is 0.269 e. The molecule has 0 atom stereocenters. The summed E-state index contributed by atoms with van der Waals surface area (Å²) >= 11 is 3.33. The molecule has 138 valence electrons.